The average Bonchev–Trinajstić information content (AvgIpc) is 1.96. The number of hydrogen-bond acceptors (Lipinski definition) is 3. The maximum absolute atomic E-state index is 10.5. The zero-order valence-corrected chi connectivity index (χ0v) is 6.96. The molecule has 0 unspecified atom stereocenters. The maximum Gasteiger partial charge on any atom is 0.352 e. The summed E-state index contributed by atoms with van der Waals surface area (Å²) in [6, 6.07) is 0. The largest absolute Gasteiger partial charge is 0.477 e. The van der Waals surface area contributed by atoms with Crippen LogP contribution in [0, 0.1) is 0 Å². The van der Waals surface area contributed by atoms with E-state index in [1.165, 1.54) is 20.1 Å². The van der Waals surface area contributed by atoms with Gasteiger partial charge in [0.2, 0.25) is 5.91 Å². The standard InChI is InChI=1S/C7H11NO4/c1-5(9)8-6(7(10)11)3-4-12-2/h3H,4H2,1-2H3,(H,8,9)(H,10,11)/b6-3-. The molecule has 0 radical (unpaired) electrons. The van der Waals surface area contributed by atoms with Crippen molar-refractivity contribution < 1.29 is 19.4 Å². The number of carbonyl (C=O) groups is 2. The fraction of sp³-hybridized carbons (Fsp3) is 0.429. The molecule has 0 aliphatic carbocycles. The predicted molar refractivity (Wildman–Crippen MR) is 41.4 cm³/mol. The monoisotopic (exact) mass is 173 g/mol. The third-order valence-corrected chi connectivity index (χ3v) is 0.995. The highest BCUT2D eigenvalue weighted by molar-refractivity contribution is 5.91. The molecule has 0 saturated heterocycles. The van der Waals surface area contributed by atoms with Crippen LogP contribution in [-0.4, -0.2) is 30.7 Å². The van der Waals surface area contributed by atoms with E-state index in [0.717, 1.165) is 0 Å². The van der Waals surface area contributed by atoms with E-state index in [4.69, 9.17) is 5.11 Å². The Morgan fingerprint density at radius 2 is 2.17 bits per heavy atom. The lowest BCUT2D eigenvalue weighted by molar-refractivity contribution is -0.134. The predicted octanol–water partition coefficient (Wildman–Crippen LogP) is -0.263. The highest BCUT2D eigenvalue weighted by atomic mass is 16.5. The van der Waals surface area contributed by atoms with Crippen molar-refractivity contribution in [3.05, 3.63) is 11.8 Å². The van der Waals surface area contributed by atoms with E-state index in [2.05, 4.69) is 10.1 Å². The highest BCUT2D eigenvalue weighted by Crippen LogP contribution is 1.89. The van der Waals surface area contributed by atoms with Crippen LogP contribution in [0.3, 0.4) is 0 Å². The van der Waals surface area contributed by atoms with Gasteiger partial charge >= 0.3 is 5.97 Å². The van der Waals surface area contributed by atoms with Gasteiger partial charge in [0.05, 0.1) is 6.61 Å². The van der Waals surface area contributed by atoms with E-state index in [9.17, 15) is 9.59 Å². The first kappa shape index (κ1) is 10.6. The Labute approximate surface area is 70.0 Å². The summed E-state index contributed by atoms with van der Waals surface area (Å²) in [5.41, 5.74) is -0.163. The topological polar surface area (TPSA) is 75.6 Å². The van der Waals surface area contributed by atoms with E-state index < -0.39 is 11.9 Å². The SMILES string of the molecule is COC/C=C(\NC(C)=O)C(=O)O. The number of rotatable bonds is 4. The van der Waals surface area contributed by atoms with Gasteiger partial charge in [-0.2, -0.15) is 0 Å². The minimum Gasteiger partial charge on any atom is -0.477 e. The first-order valence-corrected chi connectivity index (χ1v) is 3.28. The molecule has 0 aliphatic heterocycles. The molecule has 68 valence electrons. The van der Waals surface area contributed by atoms with Crippen molar-refractivity contribution in [2.24, 2.45) is 0 Å². The molecule has 0 aromatic heterocycles. The van der Waals surface area contributed by atoms with E-state index in [-0.39, 0.29) is 12.3 Å². The molecule has 5 heteroatoms. The van der Waals surface area contributed by atoms with Gasteiger partial charge in [-0.25, -0.2) is 4.79 Å². The Balaban J connectivity index is 4.22. The van der Waals surface area contributed by atoms with Crippen LogP contribution in [0.15, 0.2) is 11.8 Å². The lowest BCUT2D eigenvalue weighted by Gasteiger charge is -2.01. The van der Waals surface area contributed by atoms with Crippen LogP contribution in [0.4, 0.5) is 0 Å². The Morgan fingerprint density at radius 1 is 1.58 bits per heavy atom. The maximum atomic E-state index is 10.5. The van der Waals surface area contributed by atoms with Crippen molar-refractivity contribution in [1.82, 2.24) is 5.32 Å². The minimum absolute atomic E-state index is 0.155. The molecule has 0 bridgehead atoms. The van der Waals surface area contributed by atoms with Crippen molar-refractivity contribution in [3.63, 3.8) is 0 Å². The van der Waals surface area contributed by atoms with Crippen LogP contribution in [0.2, 0.25) is 0 Å². The van der Waals surface area contributed by atoms with Crippen molar-refractivity contribution >= 4 is 11.9 Å². The number of amides is 1. The fourth-order valence-electron chi connectivity index (χ4n) is 0.548. The molecule has 0 rings (SSSR count). The van der Waals surface area contributed by atoms with E-state index >= 15 is 0 Å². The molecule has 0 aliphatic rings. The molecule has 2 N–H and O–H groups in total. The van der Waals surface area contributed by atoms with Gasteiger partial charge in [-0.15, -0.1) is 0 Å². The number of carboxylic acids is 1. The van der Waals surface area contributed by atoms with Crippen molar-refractivity contribution in [2.45, 2.75) is 6.92 Å². The summed E-state index contributed by atoms with van der Waals surface area (Å²) >= 11 is 0. The third-order valence-electron chi connectivity index (χ3n) is 0.995. The van der Waals surface area contributed by atoms with Gasteiger partial charge in [0, 0.05) is 14.0 Å². The molecular formula is C7H11NO4. The van der Waals surface area contributed by atoms with Crippen molar-refractivity contribution in [1.29, 1.82) is 0 Å². The normalized spacial score (nSPS) is 11.0. The second-order valence-corrected chi connectivity index (χ2v) is 2.06. The molecule has 0 heterocycles. The summed E-state index contributed by atoms with van der Waals surface area (Å²) in [7, 11) is 1.43. The summed E-state index contributed by atoms with van der Waals surface area (Å²) in [6.45, 7) is 1.39. The van der Waals surface area contributed by atoms with Crippen LogP contribution in [0.1, 0.15) is 6.92 Å². The second-order valence-electron chi connectivity index (χ2n) is 2.06. The Hall–Kier alpha value is -1.36. The van der Waals surface area contributed by atoms with Gasteiger partial charge in [-0.3, -0.25) is 4.79 Å². The third kappa shape index (κ3) is 4.45. The lowest BCUT2D eigenvalue weighted by atomic mass is 10.4. The zero-order valence-electron chi connectivity index (χ0n) is 6.96. The Kier molecular flexibility index (Phi) is 4.71. The average molecular weight is 173 g/mol. The Bertz CT molecular complexity index is 209. The molecule has 5 nitrogen and oxygen atoms in total. The molecule has 0 saturated carbocycles. The van der Waals surface area contributed by atoms with Crippen LogP contribution in [-0.2, 0) is 14.3 Å². The van der Waals surface area contributed by atoms with E-state index in [1.807, 2.05) is 0 Å². The second kappa shape index (κ2) is 5.31. The van der Waals surface area contributed by atoms with Gasteiger partial charge in [0.15, 0.2) is 0 Å². The van der Waals surface area contributed by atoms with Gasteiger partial charge < -0.3 is 15.2 Å². The summed E-state index contributed by atoms with van der Waals surface area (Å²) in [5.74, 6) is -1.60. The smallest absolute Gasteiger partial charge is 0.352 e. The van der Waals surface area contributed by atoms with Crippen LogP contribution in [0.25, 0.3) is 0 Å². The summed E-state index contributed by atoms with van der Waals surface area (Å²) in [4.78, 5) is 20.9. The van der Waals surface area contributed by atoms with Crippen molar-refractivity contribution in [2.75, 3.05) is 13.7 Å². The number of nitrogens with one attached hydrogen (secondary N) is 1. The van der Waals surface area contributed by atoms with Crippen LogP contribution >= 0.6 is 0 Å². The number of aliphatic carboxylic acids is 1. The molecule has 1 amide bonds. The number of carbonyl (C=O) groups excluding carboxylic acids is 1. The lowest BCUT2D eigenvalue weighted by Crippen LogP contribution is -2.25. The molecule has 12 heavy (non-hydrogen) atoms. The molecule has 0 fully saturated rings. The number of carboxylic acid groups (broad SMARTS) is 1. The fourth-order valence-corrected chi connectivity index (χ4v) is 0.548. The molecule has 0 spiro atoms. The number of methoxy groups -OCH3 is 1. The van der Waals surface area contributed by atoms with E-state index in [0.29, 0.717) is 0 Å². The molecule has 0 aromatic rings. The molecule has 0 atom stereocenters. The van der Waals surface area contributed by atoms with Gasteiger partial charge in [0.25, 0.3) is 0 Å². The van der Waals surface area contributed by atoms with Crippen molar-refractivity contribution in [3.8, 4) is 0 Å². The first-order chi connectivity index (χ1) is 5.57. The minimum atomic E-state index is -1.18. The zero-order chi connectivity index (χ0) is 9.56. The number of hydrogen-bond donors (Lipinski definition) is 2. The highest BCUT2D eigenvalue weighted by Gasteiger charge is 2.06. The molecular weight excluding hydrogens is 162 g/mol. The first-order valence-electron chi connectivity index (χ1n) is 3.28. The van der Waals surface area contributed by atoms with Gasteiger partial charge in [-0.05, 0) is 6.08 Å². The van der Waals surface area contributed by atoms with Crippen LogP contribution < -0.4 is 5.32 Å². The Morgan fingerprint density at radius 3 is 2.50 bits per heavy atom. The van der Waals surface area contributed by atoms with Gasteiger partial charge in [-0.1, -0.05) is 0 Å². The van der Waals surface area contributed by atoms with Crippen LogP contribution in [0.5, 0.6) is 0 Å². The summed E-state index contributed by atoms with van der Waals surface area (Å²) in [6.07, 6.45) is 1.28. The number of ether oxygens (including phenoxy) is 1. The summed E-state index contributed by atoms with van der Waals surface area (Å²) < 4.78 is 4.61. The summed E-state index contributed by atoms with van der Waals surface area (Å²) in [5, 5.41) is 10.7. The quantitative estimate of drug-likeness (QED) is 0.574. The van der Waals surface area contributed by atoms with Gasteiger partial charge in [0.1, 0.15) is 5.70 Å². The molecule has 0 aromatic carbocycles. The van der Waals surface area contributed by atoms with E-state index in [1.54, 1.807) is 0 Å².